The molecule has 0 aliphatic rings. The molecule has 0 atom stereocenters. The molecule has 0 bridgehead atoms. The molecule has 0 saturated carbocycles. The zero-order chi connectivity index (χ0) is 21.7. The monoisotopic (exact) mass is 534 g/mol. The highest BCUT2D eigenvalue weighted by Crippen LogP contribution is 2.40. The Morgan fingerprint density at radius 2 is 1.80 bits per heavy atom. The normalized spacial score (nSPS) is 10.9. The number of hydrogen-bond acceptors (Lipinski definition) is 6. The second-order valence-corrected chi connectivity index (χ2v) is 7.95. The van der Waals surface area contributed by atoms with Gasteiger partial charge in [-0.25, -0.2) is 0 Å². The molecule has 0 aromatic heterocycles. The Bertz CT molecular complexity index is 1100. The smallest absolute Gasteiger partial charge is 0.270 e. The SMILES string of the molecule is O=C(/C=N/O)Nc1cc(Br)c(Oc2ccc(O)c(Cc3cccc(O)c3)c2)c(Br)c1. The van der Waals surface area contributed by atoms with Gasteiger partial charge >= 0.3 is 0 Å². The maximum Gasteiger partial charge on any atom is 0.270 e. The van der Waals surface area contributed by atoms with Crippen LogP contribution in [0.15, 0.2) is 68.7 Å². The number of benzene rings is 3. The van der Waals surface area contributed by atoms with E-state index in [9.17, 15) is 15.0 Å². The first-order chi connectivity index (χ1) is 14.4. The minimum Gasteiger partial charge on any atom is -0.508 e. The number of phenols is 2. The van der Waals surface area contributed by atoms with E-state index in [0.29, 0.717) is 38.1 Å². The number of phenolic OH excluding ortho intramolecular Hbond substituents is 2. The molecule has 3 aromatic rings. The molecule has 0 radical (unpaired) electrons. The van der Waals surface area contributed by atoms with Crippen LogP contribution >= 0.6 is 31.9 Å². The number of ether oxygens (including phenoxy) is 1. The first-order valence-corrected chi connectivity index (χ1v) is 10.2. The number of amides is 1. The zero-order valence-corrected chi connectivity index (χ0v) is 18.5. The number of halogens is 2. The van der Waals surface area contributed by atoms with E-state index in [0.717, 1.165) is 11.8 Å². The number of hydrogen-bond donors (Lipinski definition) is 4. The highest BCUT2D eigenvalue weighted by Gasteiger charge is 2.13. The fourth-order valence-corrected chi connectivity index (χ4v) is 4.08. The van der Waals surface area contributed by atoms with Gasteiger partial charge in [0.2, 0.25) is 0 Å². The lowest BCUT2D eigenvalue weighted by molar-refractivity contribution is -0.110. The minimum atomic E-state index is -0.583. The van der Waals surface area contributed by atoms with Gasteiger partial charge in [0, 0.05) is 17.7 Å². The van der Waals surface area contributed by atoms with Gasteiger partial charge in [0.05, 0.1) is 8.95 Å². The highest BCUT2D eigenvalue weighted by atomic mass is 79.9. The second kappa shape index (κ2) is 9.64. The van der Waals surface area contributed by atoms with Crippen molar-refractivity contribution in [1.29, 1.82) is 0 Å². The molecule has 3 aromatic carbocycles. The van der Waals surface area contributed by atoms with Crippen molar-refractivity contribution < 1.29 is 25.0 Å². The molecule has 0 unspecified atom stereocenters. The average molecular weight is 536 g/mol. The van der Waals surface area contributed by atoms with Crippen LogP contribution in [0.3, 0.4) is 0 Å². The van der Waals surface area contributed by atoms with Crippen LogP contribution in [0.5, 0.6) is 23.0 Å². The summed E-state index contributed by atoms with van der Waals surface area (Å²) in [5, 5.41) is 33.5. The van der Waals surface area contributed by atoms with Crippen LogP contribution in [0.1, 0.15) is 11.1 Å². The summed E-state index contributed by atoms with van der Waals surface area (Å²) in [6.07, 6.45) is 1.16. The van der Waals surface area contributed by atoms with E-state index in [1.165, 1.54) is 6.07 Å². The standard InChI is InChI=1S/C21H16Br2N2O5/c22-17-9-14(25-20(28)11-24-29)10-18(23)21(17)30-16-4-5-19(27)13(8-16)6-12-2-1-3-15(26)7-12/h1-5,7-11,26-27,29H,6H2,(H,25,28)/b24-11+. The molecule has 30 heavy (non-hydrogen) atoms. The molecule has 0 spiro atoms. The summed E-state index contributed by atoms with van der Waals surface area (Å²) in [4.78, 5) is 11.5. The van der Waals surface area contributed by atoms with Gasteiger partial charge < -0.3 is 25.5 Å². The lowest BCUT2D eigenvalue weighted by atomic mass is 10.0. The van der Waals surface area contributed by atoms with E-state index < -0.39 is 5.91 Å². The number of nitrogens with one attached hydrogen (secondary N) is 1. The third-order valence-electron chi connectivity index (χ3n) is 4.02. The van der Waals surface area contributed by atoms with Gasteiger partial charge in [-0.2, -0.15) is 0 Å². The molecule has 0 aliphatic heterocycles. The Morgan fingerprint density at radius 1 is 1.07 bits per heavy atom. The van der Waals surface area contributed by atoms with Crippen LogP contribution in [-0.4, -0.2) is 27.5 Å². The number of rotatable bonds is 6. The summed E-state index contributed by atoms with van der Waals surface area (Å²) in [5.74, 6) is 0.656. The van der Waals surface area contributed by atoms with Crippen molar-refractivity contribution in [1.82, 2.24) is 0 Å². The van der Waals surface area contributed by atoms with Crippen molar-refractivity contribution in [2.75, 3.05) is 5.32 Å². The summed E-state index contributed by atoms with van der Waals surface area (Å²) in [6.45, 7) is 0. The van der Waals surface area contributed by atoms with Gasteiger partial charge in [-0.3, -0.25) is 4.79 Å². The average Bonchev–Trinajstić information content (AvgIpc) is 2.67. The third-order valence-corrected chi connectivity index (χ3v) is 5.19. The Morgan fingerprint density at radius 3 is 2.47 bits per heavy atom. The summed E-state index contributed by atoms with van der Waals surface area (Å²) < 4.78 is 7.10. The second-order valence-electron chi connectivity index (χ2n) is 6.24. The molecule has 0 heterocycles. The summed E-state index contributed by atoms with van der Waals surface area (Å²) >= 11 is 6.83. The van der Waals surface area contributed by atoms with Crippen LogP contribution < -0.4 is 10.1 Å². The highest BCUT2D eigenvalue weighted by molar-refractivity contribution is 9.11. The third kappa shape index (κ3) is 5.52. The van der Waals surface area contributed by atoms with Gasteiger partial charge in [0.15, 0.2) is 5.75 Å². The van der Waals surface area contributed by atoms with Crippen molar-refractivity contribution in [2.45, 2.75) is 6.42 Å². The van der Waals surface area contributed by atoms with Crippen LogP contribution in [0, 0.1) is 0 Å². The van der Waals surface area contributed by atoms with Crippen molar-refractivity contribution in [3.05, 3.63) is 74.7 Å². The first kappa shape index (κ1) is 21.7. The number of carbonyl (C=O) groups excluding carboxylic acids is 1. The number of carbonyl (C=O) groups is 1. The number of anilines is 1. The number of aromatic hydroxyl groups is 2. The van der Waals surface area contributed by atoms with E-state index in [2.05, 4.69) is 42.3 Å². The van der Waals surface area contributed by atoms with E-state index in [-0.39, 0.29) is 11.5 Å². The van der Waals surface area contributed by atoms with Gasteiger partial charge in [-0.15, -0.1) is 0 Å². The fraction of sp³-hybridized carbons (Fsp3) is 0.0476. The molecule has 0 fully saturated rings. The van der Waals surface area contributed by atoms with E-state index >= 15 is 0 Å². The van der Waals surface area contributed by atoms with Gasteiger partial charge in [0.1, 0.15) is 23.5 Å². The first-order valence-electron chi connectivity index (χ1n) is 8.61. The zero-order valence-electron chi connectivity index (χ0n) is 15.3. The molecular weight excluding hydrogens is 520 g/mol. The fourth-order valence-electron chi connectivity index (χ4n) is 2.73. The van der Waals surface area contributed by atoms with Crippen LogP contribution in [0.4, 0.5) is 5.69 Å². The molecule has 1 amide bonds. The molecular formula is C21H16Br2N2O5. The predicted molar refractivity (Wildman–Crippen MR) is 120 cm³/mol. The quantitative estimate of drug-likeness (QED) is 0.192. The number of nitrogens with zero attached hydrogens (tertiary/aromatic N) is 1. The van der Waals surface area contributed by atoms with Crippen LogP contribution in [0.2, 0.25) is 0 Å². The van der Waals surface area contributed by atoms with E-state index in [1.807, 2.05) is 6.07 Å². The molecule has 0 saturated heterocycles. The van der Waals surface area contributed by atoms with Crippen LogP contribution in [0.25, 0.3) is 0 Å². The molecule has 4 N–H and O–H groups in total. The molecule has 154 valence electrons. The molecule has 3 rings (SSSR count). The molecule has 7 nitrogen and oxygen atoms in total. The number of oxime groups is 1. The lowest BCUT2D eigenvalue weighted by Crippen LogP contribution is -2.12. The predicted octanol–water partition coefficient (Wildman–Crippen LogP) is 5.40. The Balaban J connectivity index is 1.83. The summed E-state index contributed by atoms with van der Waals surface area (Å²) in [5.41, 5.74) is 1.94. The molecule has 0 aliphatic carbocycles. The van der Waals surface area contributed by atoms with Crippen molar-refractivity contribution >= 4 is 49.7 Å². The lowest BCUT2D eigenvalue weighted by Gasteiger charge is -2.14. The maximum atomic E-state index is 11.5. The Labute approximate surface area is 188 Å². The molecule has 9 heteroatoms. The van der Waals surface area contributed by atoms with Crippen molar-refractivity contribution in [3.63, 3.8) is 0 Å². The van der Waals surface area contributed by atoms with Crippen LogP contribution in [-0.2, 0) is 11.2 Å². The minimum absolute atomic E-state index is 0.118. The Hall–Kier alpha value is -3.04. The topological polar surface area (TPSA) is 111 Å². The summed E-state index contributed by atoms with van der Waals surface area (Å²) in [6, 6.07) is 15.0. The van der Waals surface area contributed by atoms with Crippen molar-refractivity contribution in [3.8, 4) is 23.0 Å². The maximum absolute atomic E-state index is 11.5. The summed E-state index contributed by atoms with van der Waals surface area (Å²) in [7, 11) is 0. The Kier molecular flexibility index (Phi) is 6.96. The largest absolute Gasteiger partial charge is 0.508 e. The van der Waals surface area contributed by atoms with E-state index in [1.54, 1.807) is 42.5 Å². The van der Waals surface area contributed by atoms with Gasteiger partial charge in [-0.05, 0) is 79.9 Å². The van der Waals surface area contributed by atoms with Gasteiger partial charge in [0.25, 0.3) is 5.91 Å². The van der Waals surface area contributed by atoms with Crippen molar-refractivity contribution in [2.24, 2.45) is 5.16 Å². The van der Waals surface area contributed by atoms with E-state index in [4.69, 9.17) is 9.94 Å². The van der Waals surface area contributed by atoms with Gasteiger partial charge in [-0.1, -0.05) is 17.3 Å².